The van der Waals surface area contributed by atoms with E-state index in [0.29, 0.717) is 41.8 Å². The zero-order valence-electron chi connectivity index (χ0n) is 22.1. The molecule has 38 heavy (non-hydrogen) atoms. The number of anilines is 1. The summed E-state index contributed by atoms with van der Waals surface area (Å²) >= 11 is 0. The van der Waals surface area contributed by atoms with E-state index in [-0.39, 0.29) is 36.9 Å². The first-order chi connectivity index (χ1) is 18.1. The standard InChI is InChI=1S/C29H35F2N5O2.H2/c1-28(8-5-9-28)34-15-18-10-22(25(30)31)24-16-36(26(37)23(24)11-18)20-7-4-6-19(12-20)29(13-21(14-29)38-3)27(33)35(2)17-32;/h4,6-7,10-12,17,21,25,32-34H,5,8-9,13-16H2,1-3H3;1H. The summed E-state index contributed by atoms with van der Waals surface area (Å²) in [6.07, 6.45) is 2.88. The Labute approximate surface area is 223 Å². The summed E-state index contributed by atoms with van der Waals surface area (Å²) in [7, 11) is 3.32. The van der Waals surface area contributed by atoms with E-state index in [1.807, 2.05) is 18.2 Å². The van der Waals surface area contributed by atoms with Crippen molar-refractivity contribution in [2.45, 2.75) is 75.6 Å². The maximum atomic E-state index is 14.1. The van der Waals surface area contributed by atoms with Gasteiger partial charge < -0.3 is 19.9 Å². The van der Waals surface area contributed by atoms with Crippen LogP contribution in [0.25, 0.3) is 0 Å². The molecule has 1 aliphatic heterocycles. The molecule has 5 rings (SSSR count). The second kappa shape index (κ2) is 9.85. The van der Waals surface area contributed by atoms with Gasteiger partial charge in [-0.05, 0) is 80.0 Å². The van der Waals surface area contributed by atoms with E-state index < -0.39 is 11.8 Å². The van der Waals surface area contributed by atoms with E-state index in [0.717, 1.165) is 31.2 Å². The summed E-state index contributed by atoms with van der Waals surface area (Å²) in [6, 6.07) is 10.7. The van der Waals surface area contributed by atoms with E-state index in [1.54, 1.807) is 31.2 Å². The molecule has 0 saturated heterocycles. The van der Waals surface area contributed by atoms with Crippen LogP contribution in [0.5, 0.6) is 0 Å². The summed E-state index contributed by atoms with van der Waals surface area (Å²) in [6.45, 7) is 2.66. The molecule has 0 bridgehead atoms. The quantitative estimate of drug-likeness (QED) is 0.292. The Morgan fingerprint density at radius 3 is 2.66 bits per heavy atom. The van der Waals surface area contributed by atoms with Gasteiger partial charge in [0.05, 0.1) is 24.4 Å². The van der Waals surface area contributed by atoms with E-state index in [2.05, 4.69) is 12.2 Å². The Morgan fingerprint density at radius 1 is 1.32 bits per heavy atom. The van der Waals surface area contributed by atoms with Crippen LogP contribution in [-0.2, 0) is 23.2 Å². The molecule has 2 aromatic rings. The minimum atomic E-state index is -2.68. The molecule has 3 aliphatic rings. The fraction of sp³-hybridized carbons (Fsp3) is 0.483. The predicted octanol–water partition coefficient (Wildman–Crippen LogP) is 5.63. The number of halogens is 2. The van der Waals surface area contributed by atoms with Crippen molar-refractivity contribution in [2.75, 3.05) is 19.1 Å². The van der Waals surface area contributed by atoms with Gasteiger partial charge in [-0.3, -0.25) is 15.6 Å². The van der Waals surface area contributed by atoms with Gasteiger partial charge in [0, 0.05) is 44.5 Å². The Balaban J connectivity index is 0.00000353. The first-order valence-corrected chi connectivity index (χ1v) is 13.1. The number of likely N-dealkylation sites (N-methyl/N-ethyl adjacent to an activating group) is 1. The molecule has 0 atom stereocenters. The number of hydrogen-bond donors (Lipinski definition) is 3. The van der Waals surface area contributed by atoms with E-state index in [9.17, 15) is 13.6 Å². The highest BCUT2D eigenvalue weighted by Crippen LogP contribution is 2.48. The highest BCUT2D eigenvalue weighted by Gasteiger charge is 2.50. The smallest absolute Gasteiger partial charge is 0.264 e. The second-order valence-corrected chi connectivity index (χ2v) is 11.2. The number of methoxy groups -OCH3 is 1. The fourth-order valence-corrected chi connectivity index (χ4v) is 6.03. The number of carbonyl (C=O) groups excluding carboxylic acids is 1. The first kappa shape index (κ1) is 26.4. The third kappa shape index (κ3) is 4.41. The van der Waals surface area contributed by atoms with Crippen molar-refractivity contribution in [2.24, 2.45) is 0 Å². The molecule has 2 aliphatic carbocycles. The van der Waals surface area contributed by atoms with Gasteiger partial charge in [0.25, 0.3) is 12.3 Å². The Bertz CT molecular complexity index is 1280. The molecule has 1 amide bonds. The van der Waals surface area contributed by atoms with Gasteiger partial charge in [-0.25, -0.2) is 8.78 Å². The summed E-state index contributed by atoms with van der Waals surface area (Å²) in [5.41, 5.74) is 2.15. The fourth-order valence-electron chi connectivity index (χ4n) is 6.03. The van der Waals surface area contributed by atoms with Gasteiger partial charge in [0.1, 0.15) is 5.84 Å². The highest BCUT2D eigenvalue weighted by atomic mass is 19.3. The molecule has 2 saturated carbocycles. The molecule has 1 heterocycles. The number of rotatable bonds is 9. The number of carbonyl (C=O) groups is 1. The third-order valence-electron chi connectivity index (χ3n) is 8.74. The molecule has 2 fully saturated rings. The topological polar surface area (TPSA) is 92.5 Å². The number of amides is 1. The normalized spacial score (nSPS) is 23.6. The maximum Gasteiger partial charge on any atom is 0.264 e. The van der Waals surface area contributed by atoms with E-state index in [1.165, 1.54) is 11.0 Å². The number of hydrogen-bond acceptors (Lipinski definition) is 5. The van der Waals surface area contributed by atoms with Crippen molar-refractivity contribution in [1.82, 2.24) is 10.2 Å². The molecule has 7 nitrogen and oxygen atoms in total. The molecule has 204 valence electrons. The van der Waals surface area contributed by atoms with Crippen LogP contribution >= 0.6 is 0 Å². The zero-order valence-corrected chi connectivity index (χ0v) is 22.1. The number of alkyl halides is 2. The summed E-state index contributed by atoms with van der Waals surface area (Å²) in [4.78, 5) is 16.6. The lowest BCUT2D eigenvalue weighted by atomic mass is 9.61. The number of nitrogens with zero attached hydrogens (tertiary/aromatic N) is 2. The van der Waals surface area contributed by atoms with Gasteiger partial charge in [0.15, 0.2) is 0 Å². The average Bonchev–Trinajstić information content (AvgIpc) is 3.21. The number of fused-ring (bicyclic) bond motifs is 1. The van der Waals surface area contributed by atoms with Crippen molar-refractivity contribution in [3.8, 4) is 0 Å². The lowest BCUT2D eigenvalue weighted by Gasteiger charge is -2.49. The van der Waals surface area contributed by atoms with Crippen molar-refractivity contribution in [3.63, 3.8) is 0 Å². The monoisotopic (exact) mass is 525 g/mol. The maximum absolute atomic E-state index is 14.1. The van der Waals surface area contributed by atoms with E-state index in [4.69, 9.17) is 15.6 Å². The lowest BCUT2D eigenvalue weighted by molar-refractivity contribution is 0.00405. The molecule has 2 aromatic carbocycles. The van der Waals surface area contributed by atoms with Gasteiger partial charge in [-0.1, -0.05) is 12.1 Å². The molecule has 3 N–H and O–H groups in total. The van der Waals surface area contributed by atoms with Crippen molar-refractivity contribution in [1.29, 1.82) is 10.8 Å². The van der Waals surface area contributed by atoms with Crippen molar-refractivity contribution >= 4 is 23.8 Å². The lowest BCUT2D eigenvalue weighted by Crippen LogP contribution is -2.55. The van der Waals surface area contributed by atoms with Crippen LogP contribution in [0.4, 0.5) is 14.5 Å². The van der Waals surface area contributed by atoms with Gasteiger partial charge >= 0.3 is 0 Å². The summed E-state index contributed by atoms with van der Waals surface area (Å²) < 4.78 is 33.8. The predicted molar refractivity (Wildman–Crippen MR) is 146 cm³/mol. The molecule has 0 spiro atoms. The number of nitrogens with one attached hydrogen (secondary N) is 3. The van der Waals surface area contributed by atoms with Crippen LogP contribution in [0.15, 0.2) is 36.4 Å². The summed E-state index contributed by atoms with van der Waals surface area (Å²) in [5, 5.41) is 19.9. The molecular weight excluding hydrogens is 488 g/mol. The van der Waals surface area contributed by atoms with Crippen LogP contribution in [0.2, 0.25) is 0 Å². The third-order valence-corrected chi connectivity index (χ3v) is 8.74. The van der Waals surface area contributed by atoms with Crippen LogP contribution in [-0.4, -0.2) is 48.8 Å². The molecule has 0 aromatic heterocycles. The minimum Gasteiger partial charge on any atom is -0.381 e. The number of benzene rings is 2. The molecule has 0 radical (unpaired) electrons. The minimum absolute atomic E-state index is 0. The Hall–Kier alpha value is -3.17. The number of ether oxygens (including phenoxy) is 1. The second-order valence-electron chi connectivity index (χ2n) is 11.2. The van der Waals surface area contributed by atoms with E-state index >= 15 is 0 Å². The van der Waals surface area contributed by atoms with Crippen molar-refractivity contribution in [3.05, 3.63) is 64.2 Å². The SMILES string of the molecule is COC1CC(C(=N)N(C)C=N)(c2cccc(N3Cc4c(cc(CNC5(C)CCC5)cc4C(F)F)C3=O)c2)C1.[HH]. The highest BCUT2D eigenvalue weighted by molar-refractivity contribution is 6.10. The largest absolute Gasteiger partial charge is 0.381 e. The Kier molecular flexibility index (Phi) is 6.86. The van der Waals surface area contributed by atoms with Crippen LogP contribution < -0.4 is 10.2 Å². The van der Waals surface area contributed by atoms with Crippen LogP contribution in [0.3, 0.4) is 0 Å². The van der Waals surface area contributed by atoms with Gasteiger partial charge in [0.2, 0.25) is 0 Å². The summed E-state index contributed by atoms with van der Waals surface area (Å²) in [5.74, 6) is -0.00820. The van der Waals surface area contributed by atoms with Gasteiger partial charge in [-0.2, -0.15) is 0 Å². The van der Waals surface area contributed by atoms with Crippen molar-refractivity contribution < 1.29 is 19.7 Å². The molecule has 0 unspecified atom stereocenters. The number of amidine groups is 1. The first-order valence-electron chi connectivity index (χ1n) is 13.1. The van der Waals surface area contributed by atoms with Gasteiger partial charge in [-0.15, -0.1) is 0 Å². The van der Waals surface area contributed by atoms with Crippen LogP contribution in [0, 0.1) is 10.8 Å². The Morgan fingerprint density at radius 2 is 2.05 bits per heavy atom. The zero-order chi connectivity index (χ0) is 27.2. The molecular formula is C29H37F2N5O2. The molecule has 9 heteroatoms. The average molecular weight is 526 g/mol. The van der Waals surface area contributed by atoms with Crippen LogP contribution in [0.1, 0.15) is 79.5 Å².